The average Bonchev–Trinajstić information content (AvgIpc) is 2.49. The van der Waals surface area contributed by atoms with Crippen LogP contribution in [0.3, 0.4) is 0 Å². The fraction of sp³-hybridized carbons (Fsp3) is 0.600. The van der Waals surface area contributed by atoms with Gasteiger partial charge in [0.05, 0.1) is 0 Å². The van der Waals surface area contributed by atoms with Crippen LogP contribution >= 0.6 is 22.6 Å². The molecule has 104 valence electrons. The van der Waals surface area contributed by atoms with Gasteiger partial charge in [0.2, 0.25) is 0 Å². The zero-order chi connectivity index (χ0) is 13.1. The lowest BCUT2D eigenvalue weighted by atomic mass is 10.1. The van der Waals surface area contributed by atoms with Crippen LogP contribution in [0.2, 0.25) is 0 Å². The molecule has 0 N–H and O–H groups in total. The Bertz CT molecular complexity index is 395. The molecule has 0 aromatic heterocycles. The van der Waals surface area contributed by atoms with Crippen LogP contribution in [0.4, 0.5) is 5.69 Å². The van der Waals surface area contributed by atoms with Crippen LogP contribution in [0.1, 0.15) is 12.8 Å². The van der Waals surface area contributed by atoms with E-state index in [4.69, 9.17) is 4.74 Å². The van der Waals surface area contributed by atoms with Crippen molar-refractivity contribution in [3.63, 3.8) is 0 Å². The van der Waals surface area contributed by atoms with Gasteiger partial charge in [0.25, 0.3) is 0 Å². The molecule has 2 fully saturated rings. The summed E-state index contributed by atoms with van der Waals surface area (Å²) in [6.07, 6.45) is 2.42. The van der Waals surface area contributed by atoms with E-state index in [-0.39, 0.29) is 0 Å². The molecule has 3 nitrogen and oxygen atoms in total. The zero-order valence-electron chi connectivity index (χ0n) is 11.2. The summed E-state index contributed by atoms with van der Waals surface area (Å²) < 4.78 is 6.76. The molecule has 1 aromatic carbocycles. The van der Waals surface area contributed by atoms with E-state index < -0.39 is 0 Å². The summed E-state index contributed by atoms with van der Waals surface area (Å²) in [7, 11) is 0. The molecule has 3 rings (SSSR count). The van der Waals surface area contributed by atoms with Gasteiger partial charge in [0.15, 0.2) is 0 Å². The number of hydrogen-bond donors (Lipinski definition) is 0. The highest BCUT2D eigenvalue weighted by Crippen LogP contribution is 2.21. The van der Waals surface area contributed by atoms with Crippen molar-refractivity contribution < 1.29 is 4.74 Å². The van der Waals surface area contributed by atoms with E-state index in [0.29, 0.717) is 0 Å². The van der Waals surface area contributed by atoms with Crippen molar-refractivity contribution in [1.82, 2.24) is 4.90 Å². The van der Waals surface area contributed by atoms with Crippen molar-refractivity contribution >= 4 is 28.3 Å². The van der Waals surface area contributed by atoms with Gasteiger partial charge in [-0.1, -0.05) is 0 Å². The maximum Gasteiger partial charge on any atom is 0.0480 e. The first-order valence-corrected chi connectivity index (χ1v) is 8.23. The maximum absolute atomic E-state index is 5.45. The highest BCUT2D eigenvalue weighted by molar-refractivity contribution is 14.1. The van der Waals surface area contributed by atoms with Crippen molar-refractivity contribution in [3.8, 4) is 0 Å². The molecule has 2 heterocycles. The summed E-state index contributed by atoms with van der Waals surface area (Å²) in [6, 6.07) is 9.63. The molecule has 2 aliphatic rings. The van der Waals surface area contributed by atoms with Gasteiger partial charge in [0, 0.05) is 54.7 Å². The monoisotopic (exact) mass is 372 g/mol. The second-order valence-corrected chi connectivity index (χ2v) is 6.59. The summed E-state index contributed by atoms with van der Waals surface area (Å²) in [6.45, 7) is 6.58. The predicted octanol–water partition coefficient (Wildman–Crippen LogP) is 2.59. The topological polar surface area (TPSA) is 15.7 Å². The molecule has 0 unspecified atom stereocenters. The summed E-state index contributed by atoms with van der Waals surface area (Å²) in [5.74, 6) is 0. The molecular formula is C15H21IN2O. The number of rotatable bonds is 2. The quantitative estimate of drug-likeness (QED) is 0.743. The number of halogens is 1. The van der Waals surface area contributed by atoms with Crippen molar-refractivity contribution in [3.05, 3.63) is 27.8 Å². The number of piperazine rings is 1. The van der Waals surface area contributed by atoms with E-state index in [1.165, 1.54) is 35.2 Å². The molecule has 0 saturated carbocycles. The van der Waals surface area contributed by atoms with Crippen LogP contribution in [0.5, 0.6) is 0 Å². The first kappa shape index (κ1) is 13.6. The molecule has 4 heteroatoms. The van der Waals surface area contributed by atoms with Gasteiger partial charge in [-0.05, 0) is 59.7 Å². The Balaban J connectivity index is 1.55. The fourth-order valence-corrected chi connectivity index (χ4v) is 3.41. The van der Waals surface area contributed by atoms with Gasteiger partial charge in [-0.3, -0.25) is 4.90 Å². The van der Waals surface area contributed by atoms with E-state index >= 15 is 0 Å². The van der Waals surface area contributed by atoms with E-state index in [2.05, 4.69) is 56.7 Å². The van der Waals surface area contributed by atoms with E-state index in [0.717, 1.165) is 32.3 Å². The second-order valence-electron chi connectivity index (χ2n) is 5.34. The number of hydrogen-bond acceptors (Lipinski definition) is 3. The molecule has 0 aliphatic carbocycles. The van der Waals surface area contributed by atoms with Crippen LogP contribution in [0.15, 0.2) is 24.3 Å². The van der Waals surface area contributed by atoms with Crippen LogP contribution in [-0.4, -0.2) is 50.3 Å². The standard InChI is InChI=1S/C15H21IN2O/c16-13-1-3-14(4-2-13)17-7-9-18(10-8-17)15-5-11-19-12-6-15/h1-4,15H,5-12H2. The second kappa shape index (κ2) is 6.41. The van der Waals surface area contributed by atoms with Crippen molar-refractivity contribution in [2.75, 3.05) is 44.3 Å². The lowest BCUT2D eigenvalue weighted by Crippen LogP contribution is -2.51. The first-order chi connectivity index (χ1) is 9.33. The smallest absolute Gasteiger partial charge is 0.0480 e. The number of ether oxygens (including phenoxy) is 1. The molecular weight excluding hydrogens is 351 g/mol. The largest absolute Gasteiger partial charge is 0.381 e. The molecule has 0 bridgehead atoms. The number of anilines is 1. The molecule has 0 atom stereocenters. The Morgan fingerprint density at radius 2 is 1.58 bits per heavy atom. The molecule has 1 aromatic rings. The highest BCUT2D eigenvalue weighted by Gasteiger charge is 2.25. The van der Waals surface area contributed by atoms with Crippen LogP contribution in [0.25, 0.3) is 0 Å². The van der Waals surface area contributed by atoms with E-state index in [1.807, 2.05) is 0 Å². The zero-order valence-corrected chi connectivity index (χ0v) is 13.4. The van der Waals surface area contributed by atoms with Gasteiger partial charge in [-0.15, -0.1) is 0 Å². The first-order valence-electron chi connectivity index (χ1n) is 7.15. The van der Waals surface area contributed by atoms with E-state index in [1.54, 1.807) is 0 Å². The van der Waals surface area contributed by atoms with Gasteiger partial charge < -0.3 is 9.64 Å². The molecule has 0 amide bonds. The average molecular weight is 372 g/mol. The fourth-order valence-electron chi connectivity index (χ4n) is 3.05. The summed E-state index contributed by atoms with van der Waals surface area (Å²) in [5.41, 5.74) is 1.37. The maximum atomic E-state index is 5.45. The van der Waals surface area contributed by atoms with Gasteiger partial charge in [0.1, 0.15) is 0 Å². The normalized spacial score (nSPS) is 22.7. The van der Waals surface area contributed by atoms with Gasteiger partial charge >= 0.3 is 0 Å². The highest BCUT2D eigenvalue weighted by atomic mass is 127. The molecule has 0 radical (unpaired) electrons. The molecule has 19 heavy (non-hydrogen) atoms. The number of benzene rings is 1. The lowest BCUT2D eigenvalue weighted by molar-refractivity contribution is 0.0321. The van der Waals surface area contributed by atoms with Crippen molar-refractivity contribution in [2.24, 2.45) is 0 Å². The van der Waals surface area contributed by atoms with Crippen LogP contribution in [0, 0.1) is 3.57 Å². The minimum absolute atomic E-state index is 0.757. The molecule has 2 saturated heterocycles. The SMILES string of the molecule is Ic1ccc(N2CCN(C3CCOCC3)CC2)cc1. The Hall–Kier alpha value is -0.330. The third kappa shape index (κ3) is 3.41. The van der Waals surface area contributed by atoms with E-state index in [9.17, 15) is 0 Å². The van der Waals surface area contributed by atoms with Crippen LogP contribution in [-0.2, 0) is 4.74 Å². The van der Waals surface area contributed by atoms with Gasteiger partial charge in [-0.2, -0.15) is 0 Å². The summed E-state index contributed by atoms with van der Waals surface area (Å²) in [5, 5.41) is 0. The Morgan fingerprint density at radius 1 is 0.947 bits per heavy atom. The Morgan fingerprint density at radius 3 is 2.21 bits per heavy atom. The molecule has 2 aliphatic heterocycles. The van der Waals surface area contributed by atoms with Crippen molar-refractivity contribution in [2.45, 2.75) is 18.9 Å². The summed E-state index contributed by atoms with van der Waals surface area (Å²) >= 11 is 2.36. The van der Waals surface area contributed by atoms with Crippen molar-refractivity contribution in [1.29, 1.82) is 0 Å². The minimum Gasteiger partial charge on any atom is -0.381 e. The Kier molecular flexibility index (Phi) is 4.61. The number of nitrogens with zero attached hydrogens (tertiary/aromatic N) is 2. The lowest BCUT2D eigenvalue weighted by Gasteiger charge is -2.41. The third-order valence-corrected chi connectivity index (χ3v) is 4.93. The summed E-state index contributed by atoms with van der Waals surface area (Å²) in [4.78, 5) is 5.16. The predicted molar refractivity (Wildman–Crippen MR) is 86.8 cm³/mol. The Labute approximate surface area is 129 Å². The molecule has 0 spiro atoms. The minimum atomic E-state index is 0.757. The van der Waals surface area contributed by atoms with Crippen LogP contribution < -0.4 is 4.90 Å². The van der Waals surface area contributed by atoms with Gasteiger partial charge in [-0.25, -0.2) is 0 Å². The third-order valence-electron chi connectivity index (χ3n) is 4.21.